The highest BCUT2D eigenvalue weighted by atomic mass is 127. The second kappa shape index (κ2) is 5.77. The van der Waals surface area contributed by atoms with E-state index in [2.05, 4.69) is 32.6 Å². The molecule has 0 amide bonds. The van der Waals surface area contributed by atoms with Gasteiger partial charge >= 0.3 is 0 Å². The van der Waals surface area contributed by atoms with E-state index in [9.17, 15) is 0 Å². The van der Waals surface area contributed by atoms with Crippen molar-refractivity contribution in [3.63, 3.8) is 0 Å². The Kier molecular flexibility index (Phi) is 4.57. The quantitative estimate of drug-likeness (QED) is 0.592. The van der Waals surface area contributed by atoms with Crippen LogP contribution in [0.3, 0.4) is 0 Å². The number of aromatic nitrogens is 2. The lowest BCUT2D eigenvalue weighted by Crippen LogP contribution is -2.12. The van der Waals surface area contributed by atoms with Crippen LogP contribution in [0, 0.1) is 9.49 Å². The third kappa shape index (κ3) is 3.07. The Balaban J connectivity index is 2.33. The van der Waals surface area contributed by atoms with E-state index in [1.165, 1.54) is 12.8 Å². The summed E-state index contributed by atoms with van der Waals surface area (Å²) >= 11 is 8.25. The average molecular weight is 369 g/mol. The molecule has 0 aliphatic heterocycles. The summed E-state index contributed by atoms with van der Waals surface area (Å²) in [5, 5.41) is 0.477. The van der Waals surface area contributed by atoms with Crippen molar-refractivity contribution in [3.8, 4) is 0 Å². The minimum atomic E-state index is -0.0416. The number of rotatable bonds is 5. The van der Waals surface area contributed by atoms with Crippen LogP contribution >= 0.6 is 34.2 Å². The molecule has 94 valence electrons. The lowest BCUT2D eigenvalue weighted by atomic mass is 10.2. The van der Waals surface area contributed by atoms with Gasteiger partial charge in [-0.3, -0.25) is 0 Å². The molecule has 0 spiro atoms. The zero-order valence-corrected chi connectivity index (χ0v) is 12.7. The first-order valence-corrected chi connectivity index (χ1v) is 6.86. The van der Waals surface area contributed by atoms with E-state index < -0.39 is 0 Å². The molecule has 0 saturated heterocycles. The van der Waals surface area contributed by atoms with E-state index in [4.69, 9.17) is 21.1 Å². The number of methoxy groups -OCH3 is 2. The van der Waals surface area contributed by atoms with Gasteiger partial charge in [-0.2, -0.15) is 0 Å². The zero-order valence-electron chi connectivity index (χ0n) is 9.74. The van der Waals surface area contributed by atoms with Crippen LogP contribution in [-0.2, 0) is 16.1 Å². The van der Waals surface area contributed by atoms with Gasteiger partial charge in [0.1, 0.15) is 11.3 Å². The maximum atomic E-state index is 6.11. The second-order valence-corrected chi connectivity index (χ2v) is 5.50. The van der Waals surface area contributed by atoms with Crippen molar-refractivity contribution in [1.82, 2.24) is 9.97 Å². The van der Waals surface area contributed by atoms with Gasteiger partial charge in [0.15, 0.2) is 5.82 Å². The SMILES string of the molecule is COCc1nc(C(OC)C2CC2)nc(Cl)c1I. The van der Waals surface area contributed by atoms with Gasteiger partial charge in [-0.25, -0.2) is 9.97 Å². The number of ether oxygens (including phenoxy) is 2. The van der Waals surface area contributed by atoms with Crippen LogP contribution < -0.4 is 0 Å². The monoisotopic (exact) mass is 368 g/mol. The van der Waals surface area contributed by atoms with Crippen LogP contribution in [0.5, 0.6) is 0 Å². The van der Waals surface area contributed by atoms with Crippen LogP contribution in [0.1, 0.15) is 30.5 Å². The fourth-order valence-electron chi connectivity index (χ4n) is 1.75. The maximum Gasteiger partial charge on any atom is 0.159 e. The molecule has 6 heteroatoms. The van der Waals surface area contributed by atoms with Gasteiger partial charge in [0.05, 0.1) is 15.9 Å². The second-order valence-electron chi connectivity index (χ2n) is 4.06. The van der Waals surface area contributed by atoms with Crippen molar-refractivity contribution in [2.45, 2.75) is 25.6 Å². The minimum absolute atomic E-state index is 0.0416. The third-order valence-electron chi connectivity index (χ3n) is 2.74. The summed E-state index contributed by atoms with van der Waals surface area (Å²) in [7, 11) is 3.33. The molecule has 1 aliphatic carbocycles. The first-order chi connectivity index (χ1) is 8.17. The van der Waals surface area contributed by atoms with Crippen molar-refractivity contribution in [3.05, 3.63) is 20.2 Å². The standard InChI is InChI=1S/C11H14ClIN2O2/c1-16-5-7-8(13)10(12)15-11(14-7)9(17-2)6-3-4-6/h6,9H,3-5H2,1-2H3. The Morgan fingerprint density at radius 1 is 1.41 bits per heavy atom. The van der Waals surface area contributed by atoms with Crippen molar-refractivity contribution in [2.75, 3.05) is 14.2 Å². The summed E-state index contributed by atoms with van der Waals surface area (Å²) in [6.07, 6.45) is 2.30. The molecule has 1 atom stereocenters. The van der Waals surface area contributed by atoms with Gasteiger partial charge < -0.3 is 9.47 Å². The van der Waals surface area contributed by atoms with Crippen molar-refractivity contribution >= 4 is 34.2 Å². The molecular weight excluding hydrogens is 354 g/mol. The Bertz CT molecular complexity index is 413. The van der Waals surface area contributed by atoms with Gasteiger partial charge in [0.25, 0.3) is 0 Å². The highest BCUT2D eigenvalue weighted by Crippen LogP contribution is 2.42. The van der Waals surface area contributed by atoms with Gasteiger partial charge in [0, 0.05) is 14.2 Å². The van der Waals surface area contributed by atoms with Crippen molar-refractivity contribution < 1.29 is 9.47 Å². The van der Waals surface area contributed by atoms with Crippen molar-refractivity contribution in [2.24, 2.45) is 5.92 Å². The number of hydrogen-bond donors (Lipinski definition) is 0. The maximum absolute atomic E-state index is 6.11. The third-order valence-corrected chi connectivity index (χ3v) is 4.46. The molecule has 0 N–H and O–H groups in total. The summed E-state index contributed by atoms with van der Waals surface area (Å²) in [5.41, 5.74) is 0.825. The molecule has 0 aromatic carbocycles. The predicted octanol–water partition coefficient (Wildman–Crippen LogP) is 2.98. The summed E-state index contributed by atoms with van der Waals surface area (Å²) in [6, 6.07) is 0. The van der Waals surface area contributed by atoms with E-state index in [1.54, 1.807) is 14.2 Å². The van der Waals surface area contributed by atoms with Gasteiger partial charge in [-0.05, 0) is 41.4 Å². The first-order valence-electron chi connectivity index (χ1n) is 5.41. The fraction of sp³-hybridized carbons (Fsp3) is 0.636. The van der Waals surface area contributed by atoms with E-state index in [1.807, 2.05) is 0 Å². The van der Waals surface area contributed by atoms with Crippen molar-refractivity contribution in [1.29, 1.82) is 0 Å². The van der Waals surface area contributed by atoms with Gasteiger partial charge in [-0.1, -0.05) is 11.6 Å². The Morgan fingerprint density at radius 2 is 2.12 bits per heavy atom. The molecule has 1 saturated carbocycles. The van der Waals surface area contributed by atoms with Crippen LogP contribution in [0.25, 0.3) is 0 Å². The van der Waals surface area contributed by atoms with E-state index in [0.29, 0.717) is 23.5 Å². The summed E-state index contributed by atoms with van der Waals surface area (Å²) in [4.78, 5) is 8.82. The molecular formula is C11H14ClIN2O2. The normalized spacial score (nSPS) is 17.2. The topological polar surface area (TPSA) is 44.2 Å². The number of hydrogen-bond acceptors (Lipinski definition) is 4. The molecule has 2 rings (SSSR count). The molecule has 17 heavy (non-hydrogen) atoms. The van der Waals surface area contributed by atoms with Crippen LogP contribution in [0.2, 0.25) is 5.15 Å². The van der Waals surface area contributed by atoms with Gasteiger partial charge in [-0.15, -0.1) is 0 Å². The van der Waals surface area contributed by atoms with E-state index in [-0.39, 0.29) is 6.10 Å². The average Bonchev–Trinajstić information content (AvgIpc) is 3.11. The zero-order chi connectivity index (χ0) is 12.4. The van der Waals surface area contributed by atoms with Crippen LogP contribution in [0.4, 0.5) is 0 Å². The lowest BCUT2D eigenvalue weighted by molar-refractivity contribution is 0.0764. The molecule has 1 fully saturated rings. The fourth-order valence-corrected chi connectivity index (χ4v) is 2.34. The largest absolute Gasteiger partial charge is 0.378 e. The molecule has 1 aromatic rings. The van der Waals surface area contributed by atoms with Crippen LogP contribution in [-0.4, -0.2) is 24.2 Å². The highest BCUT2D eigenvalue weighted by molar-refractivity contribution is 14.1. The molecule has 1 heterocycles. The molecule has 1 aliphatic rings. The lowest BCUT2D eigenvalue weighted by Gasteiger charge is -2.15. The molecule has 4 nitrogen and oxygen atoms in total. The Labute approximate surface area is 119 Å². The Hall–Kier alpha value is 0.0200. The Morgan fingerprint density at radius 3 is 2.65 bits per heavy atom. The molecule has 1 unspecified atom stereocenters. The smallest absolute Gasteiger partial charge is 0.159 e. The number of nitrogens with zero attached hydrogens (tertiary/aromatic N) is 2. The minimum Gasteiger partial charge on any atom is -0.378 e. The molecule has 0 bridgehead atoms. The molecule has 0 radical (unpaired) electrons. The summed E-state index contributed by atoms with van der Waals surface area (Å²) in [5.74, 6) is 1.21. The first kappa shape index (κ1) is 13.5. The number of halogens is 2. The van der Waals surface area contributed by atoms with E-state index in [0.717, 1.165) is 9.26 Å². The highest BCUT2D eigenvalue weighted by Gasteiger charge is 2.35. The van der Waals surface area contributed by atoms with Gasteiger partial charge in [0.2, 0.25) is 0 Å². The summed E-state index contributed by atoms with van der Waals surface area (Å²) < 4.78 is 11.4. The summed E-state index contributed by atoms with van der Waals surface area (Å²) in [6.45, 7) is 0.439. The predicted molar refractivity (Wildman–Crippen MR) is 72.9 cm³/mol. The van der Waals surface area contributed by atoms with E-state index >= 15 is 0 Å². The molecule has 1 aromatic heterocycles. The van der Waals surface area contributed by atoms with Crippen LogP contribution in [0.15, 0.2) is 0 Å².